The van der Waals surface area contributed by atoms with Gasteiger partial charge < -0.3 is 14.2 Å². The fourth-order valence-electron chi connectivity index (χ4n) is 3.43. The number of nitriles is 1. The molecule has 1 aliphatic heterocycles. The van der Waals surface area contributed by atoms with Gasteiger partial charge in [0, 0.05) is 12.5 Å². The van der Waals surface area contributed by atoms with Crippen LogP contribution in [0.5, 0.6) is 0 Å². The van der Waals surface area contributed by atoms with E-state index < -0.39 is 11.5 Å². The van der Waals surface area contributed by atoms with E-state index in [-0.39, 0.29) is 11.8 Å². The molecule has 1 atom stereocenters. The number of carbonyl (C=O) groups excluding carboxylic acids is 1. The first-order valence-corrected chi connectivity index (χ1v) is 8.71. The quantitative estimate of drug-likeness (QED) is 0.844. The highest BCUT2D eigenvalue weighted by Gasteiger charge is 2.44. The maximum absolute atomic E-state index is 13.0. The van der Waals surface area contributed by atoms with Crippen molar-refractivity contribution in [3.8, 4) is 6.07 Å². The zero-order valence-electron chi connectivity index (χ0n) is 14.3. The van der Waals surface area contributed by atoms with Crippen molar-refractivity contribution in [2.24, 2.45) is 5.41 Å². The molecule has 0 unspecified atom stereocenters. The Kier molecular flexibility index (Phi) is 4.86. The van der Waals surface area contributed by atoms with Gasteiger partial charge in [-0.05, 0) is 12.8 Å². The lowest BCUT2D eigenvalue weighted by molar-refractivity contribution is -0.148. The first-order chi connectivity index (χ1) is 11.6. The summed E-state index contributed by atoms with van der Waals surface area (Å²) in [6.07, 6.45) is 3.90. The van der Waals surface area contributed by atoms with Gasteiger partial charge in [0.15, 0.2) is 0 Å². The lowest BCUT2D eigenvalue weighted by Gasteiger charge is -2.38. The molecule has 1 aromatic rings. The molecule has 7 heteroatoms. The van der Waals surface area contributed by atoms with Crippen molar-refractivity contribution in [1.82, 2.24) is 15.0 Å². The lowest BCUT2D eigenvalue weighted by atomic mass is 9.74. The Balaban J connectivity index is 1.72. The summed E-state index contributed by atoms with van der Waals surface area (Å²) in [5, 5.41) is 13.6. The first kappa shape index (κ1) is 16.9. The molecule has 1 aliphatic carbocycles. The lowest BCUT2D eigenvalue weighted by Crippen LogP contribution is -2.49. The average molecular weight is 332 g/mol. The largest absolute Gasteiger partial charge is 0.366 e. The van der Waals surface area contributed by atoms with Gasteiger partial charge in [0.1, 0.15) is 11.5 Å². The van der Waals surface area contributed by atoms with E-state index >= 15 is 0 Å². The Morgan fingerprint density at radius 3 is 2.75 bits per heavy atom. The molecule has 1 aromatic heterocycles. The third-order valence-corrected chi connectivity index (χ3v) is 4.92. The number of ether oxygens (including phenoxy) is 1. The summed E-state index contributed by atoms with van der Waals surface area (Å²) in [7, 11) is 0. The first-order valence-electron chi connectivity index (χ1n) is 8.71. The molecule has 130 valence electrons. The molecule has 3 rings (SSSR count). The van der Waals surface area contributed by atoms with Crippen molar-refractivity contribution in [2.45, 2.75) is 58.0 Å². The van der Waals surface area contributed by atoms with Crippen LogP contribution in [0.2, 0.25) is 0 Å². The van der Waals surface area contributed by atoms with E-state index in [1.807, 2.05) is 13.8 Å². The fraction of sp³-hybridized carbons (Fsp3) is 0.765. The van der Waals surface area contributed by atoms with E-state index in [0.717, 1.165) is 19.3 Å². The monoisotopic (exact) mass is 332 g/mol. The van der Waals surface area contributed by atoms with Crippen molar-refractivity contribution in [3.63, 3.8) is 0 Å². The van der Waals surface area contributed by atoms with Gasteiger partial charge in [-0.2, -0.15) is 10.2 Å². The molecule has 1 saturated carbocycles. The predicted octanol–water partition coefficient (Wildman–Crippen LogP) is 2.57. The highest BCUT2D eigenvalue weighted by Crippen LogP contribution is 2.38. The maximum atomic E-state index is 13.0. The summed E-state index contributed by atoms with van der Waals surface area (Å²) < 4.78 is 11.0. The topological polar surface area (TPSA) is 92.2 Å². The van der Waals surface area contributed by atoms with Crippen molar-refractivity contribution in [2.75, 3.05) is 19.7 Å². The molecule has 0 radical (unpaired) electrons. The molecule has 0 bridgehead atoms. The summed E-state index contributed by atoms with van der Waals surface area (Å²) in [6.45, 7) is 5.26. The maximum Gasteiger partial charge on any atom is 0.243 e. The SMILES string of the molecule is CC(C)c1nc([C@@H]2CN(C(=O)C3(C#N)CCCCC3)CCO2)no1. The molecule has 24 heavy (non-hydrogen) atoms. The van der Waals surface area contributed by atoms with Crippen LogP contribution in [0.3, 0.4) is 0 Å². The number of amides is 1. The average Bonchev–Trinajstić information content (AvgIpc) is 3.12. The Morgan fingerprint density at radius 2 is 2.12 bits per heavy atom. The second-order valence-corrected chi connectivity index (χ2v) is 7.01. The van der Waals surface area contributed by atoms with Crippen LogP contribution >= 0.6 is 0 Å². The second-order valence-electron chi connectivity index (χ2n) is 7.01. The van der Waals surface area contributed by atoms with Gasteiger partial charge in [0.05, 0.1) is 19.2 Å². The van der Waals surface area contributed by atoms with Gasteiger partial charge in [0.25, 0.3) is 0 Å². The van der Waals surface area contributed by atoms with Crippen LogP contribution in [0, 0.1) is 16.7 Å². The molecular weight excluding hydrogens is 308 g/mol. The number of nitrogens with zero attached hydrogens (tertiary/aromatic N) is 4. The van der Waals surface area contributed by atoms with E-state index in [0.29, 0.717) is 44.3 Å². The number of aromatic nitrogens is 2. The van der Waals surface area contributed by atoms with Crippen molar-refractivity contribution in [3.05, 3.63) is 11.7 Å². The van der Waals surface area contributed by atoms with Gasteiger partial charge in [0.2, 0.25) is 17.6 Å². The van der Waals surface area contributed by atoms with Crippen molar-refractivity contribution in [1.29, 1.82) is 5.26 Å². The minimum Gasteiger partial charge on any atom is -0.366 e. The molecule has 0 N–H and O–H groups in total. The predicted molar refractivity (Wildman–Crippen MR) is 84.8 cm³/mol. The molecule has 7 nitrogen and oxygen atoms in total. The van der Waals surface area contributed by atoms with Crippen LogP contribution in [0.15, 0.2) is 4.52 Å². The third kappa shape index (κ3) is 3.16. The second kappa shape index (κ2) is 6.89. The standard InChI is InChI=1S/C17H24N4O3/c1-12(2)15-19-14(20-24-15)13-10-21(8-9-23-13)16(22)17(11-18)6-4-3-5-7-17/h12-13H,3-10H2,1-2H3/t13-/m0/s1. The summed E-state index contributed by atoms with van der Waals surface area (Å²) in [4.78, 5) is 19.1. The molecule has 0 spiro atoms. The Labute approximate surface area is 142 Å². The number of hydrogen-bond donors (Lipinski definition) is 0. The van der Waals surface area contributed by atoms with E-state index in [4.69, 9.17) is 9.26 Å². The molecular formula is C17H24N4O3. The van der Waals surface area contributed by atoms with Gasteiger partial charge in [-0.15, -0.1) is 0 Å². The van der Waals surface area contributed by atoms with E-state index in [1.54, 1.807) is 4.90 Å². The van der Waals surface area contributed by atoms with Gasteiger partial charge in [-0.1, -0.05) is 38.3 Å². The Hall–Kier alpha value is -1.94. The van der Waals surface area contributed by atoms with Gasteiger partial charge in [-0.3, -0.25) is 4.79 Å². The van der Waals surface area contributed by atoms with Gasteiger partial charge in [-0.25, -0.2) is 0 Å². The number of rotatable bonds is 3. The van der Waals surface area contributed by atoms with Crippen LogP contribution in [0.4, 0.5) is 0 Å². The molecule has 1 amide bonds. The zero-order valence-corrected chi connectivity index (χ0v) is 14.3. The molecule has 0 aromatic carbocycles. The van der Waals surface area contributed by atoms with Gasteiger partial charge >= 0.3 is 0 Å². The number of carbonyl (C=O) groups is 1. The normalized spacial score (nSPS) is 23.9. The van der Waals surface area contributed by atoms with E-state index in [2.05, 4.69) is 16.2 Å². The van der Waals surface area contributed by atoms with Crippen LogP contribution in [-0.4, -0.2) is 40.6 Å². The highest BCUT2D eigenvalue weighted by molar-refractivity contribution is 5.85. The minimum atomic E-state index is -0.861. The van der Waals surface area contributed by atoms with Crippen molar-refractivity contribution >= 4 is 5.91 Å². The molecule has 2 fully saturated rings. The highest BCUT2D eigenvalue weighted by atomic mass is 16.5. The number of hydrogen-bond acceptors (Lipinski definition) is 6. The minimum absolute atomic E-state index is 0.0643. The van der Waals surface area contributed by atoms with Crippen LogP contribution in [0.25, 0.3) is 0 Å². The third-order valence-electron chi connectivity index (χ3n) is 4.92. The smallest absolute Gasteiger partial charge is 0.243 e. The summed E-state index contributed by atoms with van der Waals surface area (Å²) in [5.41, 5.74) is -0.861. The molecule has 2 heterocycles. The van der Waals surface area contributed by atoms with E-state index in [1.165, 1.54) is 0 Å². The van der Waals surface area contributed by atoms with Crippen LogP contribution in [0.1, 0.15) is 69.7 Å². The van der Waals surface area contributed by atoms with Crippen LogP contribution in [-0.2, 0) is 9.53 Å². The molecule has 2 aliphatic rings. The van der Waals surface area contributed by atoms with Crippen LogP contribution < -0.4 is 0 Å². The Bertz CT molecular complexity index is 628. The fourth-order valence-corrected chi connectivity index (χ4v) is 3.43. The number of morpholine rings is 1. The summed E-state index contributed by atoms with van der Waals surface area (Å²) in [5.74, 6) is 1.13. The summed E-state index contributed by atoms with van der Waals surface area (Å²) in [6, 6.07) is 2.31. The molecule has 1 saturated heterocycles. The Morgan fingerprint density at radius 1 is 1.38 bits per heavy atom. The van der Waals surface area contributed by atoms with E-state index in [9.17, 15) is 10.1 Å². The zero-order chi connectivity index (χ0) is 17.2. The van der Waals surface area contributed by atoms with Crippen molar-refractivity contribution < 1.29 is 14.1 Å². The summed E-state index contributed by atoms with van der Waals surface area (Å²) >= 11 is 0.